The highest BCUT2D eigenvalue weighted by molar-refractivity contribution is 5.89. The summed E-state index contributed by atoms with van der Waals surface area (Å²) in [5.41, 5.74) is 7.95. The molecule has 0 aliphatic carbocycles. The van der Waals surface area contributed by atoms with Crippen molar-refractivity contribution in [1.29, 1.82) is 0 Å². The molecule has 86 valence electrons. The Labute approximate surface area is 93.7 Å². The molecule has 0 aliphatic rings. The first kappa shape index (κ1) is 11.0. The van der Waals surface area contributed by atoms with Crippen LogP contribution in [-0.2, 0) is 0 Å². The van der Waals surface area contributed by atoms with E-state index in [4.69, 9.17) is 5.73 Å². The normalized spacial score (nSPS) is 15.2. The minimum absolute atomic E-state index is 0.184. The third kappa shape index (κ3) is 1.56. The van der Waals surface area contributed by atoms with Gasteiger partial charge in [-0.3, -0.25) is 0 Å². The molecule has 0 fully saturated rings. The van der Waals surface area contributed by atoms with Crippen molar-refractivity contribution in [3.8, 4) is 5.75 Å². The molecule has 4 nitrogen and oxygen atoms in total. The molecule has 4 heteroatoms. The fraction of sp³-hybridized carbons (Fsp3) is 0.333. The van der Waals surface area contributed by atoms with Crippen LogP contribution >= 0.6 is 0 Å². The molecule has 2 atom stereocenters. The molecular weight excluding hydrogens is 204 g/mol. The average Bonchev–Trinajstić information content (AvgIpc) is 2.55. The number of aromatic hydroxyl groups is 1. The summed E-state index contributed by atoms with van der Waals surface area (Å²) in [5.74, 6) is 0.184. The highest BCUT2D eigenvalue weighted by Crippen LogP contribution is 2.33. The van der Waals surface area contributed by atoms with Crippen LogP contribution in [0.5, 0.6) is 5.75 Å². The van der Waals surface area contributed by atoms with Gasteiger partial charge in [-0.15, -0.1) is 0 Å². The first-order valence-electron chi connectivity index (χ1n) is 5.26. The number of hydrogen-bond acceptors (Lipinski definition) is 3. The number of H-pyrrole nitrogens is 1. The summed E-state index contributed by atoms with van der Waals surface area (Å²) >= 11 is 0. The minimum Gasteiger partial charge on any atom is -0.506 e. The Morgan fingerprint density at radius 3 is 2.69 bits per heavy atom. The minimum atomic E-state index is -0.726. The van der Waals surface area contributed by atoms with E-state index in [0.717, 1.165) is 16.6 Å². The molecule has 2 aromatic rings. The lowest BCUT2D eigenvalue weighted by atomic mass is 10.0. The summed E-state index contributed by atoms with van der Waals surface area (Å²) in [4.78, 5) is 3.07. The number of rotatable bonds is 2. The summed E-state index contributed by atoms with van der Waals surface area (Å²) in [6, 6.07) is 4.88. The second-order valence-electron chi connectivity index (χ2n) is 4.17. The Balaban J connectivity index is 2.70. The number of aliphatic hydroxyl groups is 1. The first-order chi connectivity index (χ1) is 7.52. The molecule has 5 N–H and O–H groups in total. The highest BCUT2D eigenvalue weighted by atomic mass is 16.3. The van der Waals surface area contributed by atoms with Gasteiger partial charge in [0.05, 0.1) is 11.6 Å². The smallest absolute Gasteiger partial charge is 0.139 e. The molecule has 16 heavy (non-hydrogen) atoms. The monoisotopic (exact) mass is 220 g/mol. The van der Waals surface area contributed by atoms with Gasteiger partial charge in [-0.2, -0.15) is 0 Å². The predicted octanol–water partition coefficient (Wildman–Crippen LogP) is 1.56. The maximum Gasteiger partial charge on any atom is 0.139 e. The maximum atomic E-state index is 10.0. The van der Waals surface area contributed by atoms with Gasteiger partial charge in [0.15, 0.2) is 0 Å². The Hall–Kier alpha value is -1.52. The van der Waals surface area contributed by atoms with Crippen molar-refractivity contribution in [3.05, 3.63) is 29.5 Å². The van der Waals surface area contributed by atoms with E-state index in [-0.39, 0.29) is 11.8 Å². The number of aryl methyl sites for hydroxylation is 1. The molecule has 0 saturated heterocycles. The van der Waals surface area contributed by atoms with Crippen LogP contribution in [0.25, 0.3) is 10.9 Å². The van der Waals surface area contributed by atoms with Gasteiger partial charge in [-0.05, 0) is 19.9 Å². The molecule has 1 aromatic heterocycles. The summed E-state index contributed by atoms with van der Waals surface area (Å²) in [5, 5.41) is 20.5. The van der Waals surface area contributed by atoms with Gasteiger partial charge in [0.2, 0.25) is 0 Å². The van der Waals surface area contributed by atoms with Gasteiger partial charge < -0.3 is 20.9 Å². The zero-order valence-corrected chi connectivity index (χ0v) is 9.36. The van der Waals surface area contributed by atoms with E-state index in [9.17, 15) is 10.2 Å². The molecule has 0 aliphatic heterocycles. The third-order valence-corrected chi connectivity index (χ3v) is 2.84. The zero-order chi connectivity index (χ0) is 11.9. The Morgan fingerprint density at radius 1 is 1.38 bits per heavy atom. The van der Waals surface area contributed by atoms with Crippen molar-refractivity contribution in [2.75, 3.05) is 0 Å². The van der Waals surface area contributed by atoms with Crippen molar-refractivity contribution in [2.24, 2.45) is 5.73 Å². The highest BCUT2D eigenvalue weighted by Gasteiger charge is 2.20. The lowest BCUT2D eigenvalue weighted by Gasteiger charge is -2.15. The van der Waals surface area contributed by atoms with Crippen LogP contribution in [0.1, 0.15) is 24.3 Å². The number of phenolic OH excluding ortho intramolecular Hbond substituents is 1. The van der Waals surface area contributed by atoms with E-state index in [1.165, 1.54) is 0 Å². The first-order valence-corrected chi connectivity index (χ1v) is 5.26. The van der Waals surface area contributed by atoms with E-state index in [1.54, 1.807) is 19.1 Å². The van der Waals surface area contributed by atoms with Crippen molar-refractivity contribution in [2.45, 2.75) is 26.0 Å². The Bertz CT molecular complexity index is 517. The lowest BCUT2D eigenvalue weighted by Crippen LogP contribution is -2.24. The molecule has 0 spiro atoms. The quantitative estimate of drug-likeness (QED) is 0.620. The number of aromatic nitrogens is 1. The molecule has 0 saturated carbocycles. The standard InChI is InChI=1S/C12H16N2O2/c1-6(13)12(16)10-7(2)14-11-8(10)4-3-5-9(11)15/h3-6,12,14-16H,13H2,1-2H3. The number of nitrogens with two attached hydrogens (primary N) is 1. The van der Waals surface area contributed by atoms with Crippen LogP contribution < -0.4 is 5.73 Å². The van der Waals surface area contributed by atoms with E-state index in [1.807, 2.05) is 13.0 Å². The molecule has 2 unspecified atom stereocenters. The summed E-state index contributed by atoms with van der Waals surface area (Å²) in [6.07, 6.45) is -0.726. The zero-order valence-electron chi connectivity index (χ0n) is 9.36. The maximum absolute atomic E-state index is 10.0. The second-order valence-corrected chi connectivity index (χ2v) is 4.17. The third-order valence-electron chi connectivity index (χ3n) is 2.84. The topological polar surface area (TPSA) is 82.3 Å². The molecule has 0 bridgehead atoms. The number of phenols is 1. The number of aromatic amines is 1. The summed E-state index contributed by atoms with van der Waals surface area (Å²) < 4.78 is 0. The Morgan fingerprint density at radius 2 is 2.06 bits per heavy atom. The van der Waals surface area contributed by atoms with Crippen LogP contribution in [0.3, 0.4) is 0 Å². The number of fused-ring (bicyclic) bond motifs is 1. The van der Waals surface area contributed by atoms with Crippen molar-refractivity contribution in [3.63, 3.8) is 0 Å². The largest absolute Gasteiger partial charge is 0.506 e. The number of hydrogen-bond donors (Lipinski definition) is 4. The van der Waals surface area contributed by atoms with Crippen LogP contribution in [0.15, 0.2) is 18.2 Å². The van der Waals surface area contributed by atoms with E-state index in [2.05, 4.69) is 4.98 Å². The van der Waals surface area contributed by atoms with Gasteiger partial charge >= 0.3 is 0 Å². The number of para-hydroxylation sites is 1. The number of nitrogens with one attached hydrogen (secondary N) is 1. The van der Waals surface area contributed by atoms with E-state index < -0.39 is 6.10 Å². The summed E-state index contributed by atoms with van der Waals surface area (Å²) in [7, 11) is 0. The van der Waals surface area contributed by atoms with Gasteiger partial charge in [-0.25, -0.2) is 0 Å². The summed E-state index contributed by atoms with van der Waals surface area (Å²) in [6.45, 7) is 3.62. The average molecular weight is 220 g/mol. The molecule has 1 heterocycles. The van der Waals surface area contributed by atoms with Crippen molar-refractivity contribution >= 4 is 10.9 Å². The number of aliphatic hydroxyl groups excluding tert-OH is 1. The fourth-order valence-corrected chi connectivity index (χ4v) is 2.00. The van der Waals surface area contributed by atoms with Gasteiger partial charge in [0, 0.05) is 22.7 Å². The van der Waals surface area contributed by atoms with Gasteiger partial charge in [0.1, 0.15) is 5.75 Å². The number of benzene rings is 1. The fourth-order valence-electron chi connectivity index (χ4n) is 2.00. The van der Waals surface area contributed by atoms with E-state index in [0.29, 0.717) is 5.52 Å². The lowest BCUT2D eigenvalue weighted by molar-refractivity contribution is 0.154. The van der Waals surface area contributed by atoms with Crippen molar-refractivity contribution < 1.29 is 10.2 Å². The van der Waals surface area contributed by atoms with Crippen LogP contribution in [-0.4, -0.2) is 21.2 Å². The second kappa shape index (κ2) is 3.81. The molecule has 0 radical (unpaired) electrons. The molecule has 0 amide bonds. The molecule has 1 aromatic carbocycles. The molecule has 2 rings (SSSR count). The van der Waals surface area contributed by atoms with Gasteiger partial charge in [0.25, 0.3) is 0 Å². The van der Waals surface area contributed by atoms with Gasteiger partial charge in [-0.1, -0.05) is 12.1 Å². The van der Waals surface area contributed by atoms with Crippen LogP contribution in [0.4, 0.5) is 0 Å². The SMILES string of the molecule is Cc1[nH]c2c(O)cccc2c1C(O)C(C)N. The van der Waals surface area contributed by atoms with Crippen molar-refractivity contribution in [1.82, 2.24) is 4.98 Å². The predicted molar refractivity (Wildman–Crippen MR) is 63.3 cm³/mol. The molecular formula is C12H16N2O2. The van der Waals surface area contributed by atoms with Crippen LogP contribution in [0.2, 0.25) is 0 Å². The van der Waals surface area contributed by atoms with Crippen LogP contribution in [0, 0.1) is 6.92 Å². The van der Waals surface area contributed by atoms with E-state index >= 15 is 0 Å². The Kier molecular flexibility index (Phi) is 2.61.